The van der Waals surface area contributed by atoms with Crippen molar-refractivity contribution >= 4 is 33.2 Å². The van der Waals surface area contributed by atoms with Gasteiger partial charge < -0.3 is 10.1 Å². The first-order valence-electron chi connectivity index (χ1n) is 8.75. The zero-order valence-corrected chi connectivity index (χ0v) is 16.3. The first kappa shape index (κ1) is 19.7. The van der Waals surface area contributed by atoms with Crippen LogP contribution in [-0.4, -0.2) is 27.5 Å². The number of halogens is 1. The number of hydrogen-bond donors (Lipinski definition) is 2. The van der Waals surface area contributed by atoms with E-state index in [1.807, 2.05) is 0 Å². The molecule has 0 atom stereocenters. The van der Waals surface area contributed by atoms with Crippen molar-refractivity contribution in [3.05, 3.63) is 53.1 Å². The van der Waals surface area contributed by atoms with Gasteiger partial charge in [0.05, 0.1) is 11.5 Å². The number of unbranched alkanes of at least 4 members (excludes halogenated alkanes) is 1. The maximum Gasteiger partial charge on any atom is 0.240 e. The summed E-state index contributed by atoms with van der Waals surface area (Å²) in [4.78, 5) is 11.6. The van der Waals surface area contributed by atoms with E-state index in [2.05, 4.69) is 10.0 Å². The van der Waals surface area contributed by atoms with Gasteiger partial charge in [0.25, 0.3) is 0 Å². The normalized spacial score (nSPS) is 13.7. The molecule has 1 heterocycles. The zero-order valence-electron chi connectivity index (χ0n) is 14.7. The molecular weight excluding hydrogens is 388 g/mol. The minimum absolute atomic E-state index is 0.0444. The summed E-state index contributed by atoms with van der Waals surface area (Å²) in [5, 5.41) is 3.40. The fourth-order valence-corrected chi connectivity index (χ4v) is 4.02. The van der Waals surface area contributed by atoms with E-state index in [4.69, 9.17) is 16.3 Å². The lowest BCUT2D eigenvalue weighted by molar-refractivity contribution is -0.116. The number of hydrogen-bond acceptors (Lipinski definition) is 4. The maximum absolute atomic E-state index is 12.4. The molecule has 2 aromatic rings. The molecule has 2 aromatic carbocycles. The summed E-state index contributed by atoms with van der Waals surface area (Å²) in [6, 6.07) is 11.9. The Kier molecular flexibility index (Phi) is 6.36. The van der Waals surface area contributed by atoms with Crippen LogP contribution in [0.25, 0.3) is 0 Å². The van der Waals surface area contributed by atoms with Gasteiger partial charge >= 0.3 is 0 Å². The van der Waals surface area contributed by atoms with E-state index in [-0.39, 0.29) is 10.8 Å². The van der Waals surface area contributed by atoms with E-state index < -0.39 is 10.0 Å². The van der Waals surface area contributed by atoms with Gasteiger partial charge in [-0.3, -0.25) is 4.79 Å². The van der Waals surface area contributed by atoms with Crippen LogP contribution in [-0.2, 0) is 21.2 Å². The van der Waals surface area contributed by atoms with Crippen LogP contribution < -0.4 is 14.8 Å². The number of rotatable bonds is 8. The van der Waals surface area contributed by atoms with Gasteiger partial charge in [0.15, 0.2) is 0 Å². The fourth-order valence-electron chi connectivity index (χ4n) is 2.76. The van der Waals surface area contributed by atoms with E-state index in [9.17, 15) is 13.2 Å². The summed E-state index contributed by atoms with van der Waals surface area (Å²) in [6.07, 6.45) is 2.30. The highest BCUT2D eigenvalue weighted by Gasteiger charge is 2.19. The second-order valence-corrected chi connectivity index (χ2v) is 8.48. The van der Waals surface area contributed by atoms with Gasteiger partial charge in [-0.25, -0.2) is 13.1 Å². The van der Waals surface area contributed by atoms with Crippen molar-refractivity contribution in [3.63, 3.8) is 0 Å². The lowest BCUT2D eigenvalue weighted by Gasteiger charge is -2.17. The molecule has 0 bridgehead atoms. The van der Waals surface area contributed by atoms with Crippen molar-refractivity contribution in [2.45, 2.75) is 30.6 Å². The number of amides is 1. The summed E-state index contributed by atoms with van der Waals surface area (Å²) < 4.78 is 33.0. The molecule has 0 saturated heterocycles. The molecule has 6 nitrogen and oxygen atoms in total. The van der Waals surface area contributed by atoms with Crippen LogP contribution in [0.1, 0.15) is 24.8 Å². The first-order chi connectivity index (χ1) is 12.9. The number of sulfonamides is 1. The molecule has 0 aromatic heterocycles. The van der Waals surface area contributed by atoms with Gasteiger partial charge in [0.1, 0.15) is 5.75 Å². The lowest BCUT2D eigenvalue weighted by atomic mass is 10.0. The molecule has 0 radical (unpaired) electrons. The van der Waals surface area contributed by atoms with Crippen molar-refractivity contribution < 1.29 is 17.9 Å². The molecule has 1 aliphatic heterocycles. The Bertz CT molecular complexity index is 914. The Labute approximate surface area is 163 Å². The van der Waals surface area contributed by atoms with Gasteiger partial charge in [-0.2, -0.15) is 0 Å². The van der Waals surface area contributed by atoms with Gasteiger partial charge in [-0.1, -0.05) is 11.6 Å². The average molecular weight is 409 g/mol. The third kappa shape index (κ3) is 5.45. The van der Waals surface area contributed by atoms with Crippen LogP contribution in [0.2, 0.25) is 5.02 Å². The Balaban J connectivity index is 1.44. The number of carbonyl (C=O) groups is 1. The molecule has 1 amide bonds. The van der Waals surface area contributed by atoms with Crippen molar-refractivity contribution in [3.8, 4) is 5.75 Å². The lowest BCUT2D eigenvalue weighted by Crippen LogP contribution is -2.26. The number of nitrogens with one attached hydrogen (secondary N) is 2. The number of fused-ring (bicyclic) bond motifs is 1. The van der Waals surface area contributed by atoms with Crippen molar-refractivity contribution in [1.29, 1.82) is 0 Å². The highest BCUT2D eigenvalue weighted by molar-refractivity contribution is 7.89. The summed E-state index contributed by atoms with van der Waals surface area (Å²) in [7, 11) is -3.57. The molecule has 27 heavy (non-hydrogen) atoms. The van der Waals surface area contributed by atoms with Crippen molar-refractivity contribution in [1.82, 2.24) is 4.72 Å². The van der Waals surface area contributed by atoms with Crippen LogP contribution in [0, 0.1) is 0 Å². The Hall–Kier alpha value is -2.09. The number of ether oxygens (including phenoxy) is 1. The predicted molar refractivity (Wildman–Crippen MR) is 105 cm³/mol. The highest BCUT2D eigenvalue weighted by atomic mass is 35.5. The Morgan fingerprint density at radius 1 is 1.07 bits per heavy atom. The average Bonchev–Trinajstić information content (AvgIpc) is 2.65. The van der Waals surface area contributed by atoms with Crippen LogP contribution in [0.3, 0.4) is 0 Å². The maximum atomic E-state index is 12.4. The van der Waals surface area contributed by atoms with E-state index in [1.165, 1.54) is 6.07 Å². The molecule has 144 valence electrons. The molecule has 2 N–H and O–H groups in total. The topological polar surface area (TPSA) is 84.5 Å². The quantitative estimate of drug-likeness (QED) is 0.656. The largest absolute Gasteiger partial charge is 0.494 e. The second-order valence-electron chi connectivity index (χ2n) is 6.27. The molecular formula is C19H21ClN2O4S. The van der Waals surface area contributed by atoms with Gasteiger partial charge in [0.2, 0.25) is 15.9 Å². The van der Waals surface area contributed by atoms with Gasteiger partial charge in [0, 0.05) is 23.7 Å². The molecule has 0 fully saturated rings. The minimum atomic E-state index is -3.57. The first-order valence-corrected chi connectivity index (χ1v) is 10.6. The SMILES string of the molecule is O=C1CCc2cc(S(=O)(=O)NCCCCOc3ccc(Cl)cc3)ccc2N1. The van der Waals surface area contributed by atoms with Crippen LogP contribution >= 0.6 is 11.6 Å². The number of benzene rings is 2. The predicted octanol–water partition coefficient (Wildman–Crippen LogP) is 3.36. The molecule has 0 unspecified atom stereocenters. The standard InChI is InChI=1S/C19H21ClN2O4S/c20-15-4-6-16(7-5-15)26-12-2-1-11-21-27(24,25)17-8-9-18-14(13-17)3-10-19(23)22-18/h4-9,13,21H,1-3,10-12H2,(H,22,23). The summed E-state index contributed by atoms with van der Waals surface area (Å²) in [5.74, 6) is 0.693. The monoisotopic (exact) mass is 408 g/mol. The van der Waals surface area contributed by atoms with Gasteiger partial charge in [-0.05, 0) is 67.3 Å². The zero-order chi connectivity index (χ0) is 19.3. The van der Waals surface area contributed by atoms with Crippen LogP contribution in [0.4, 0.5) is 5.69 Å². The molecule has 1 aliphatic rings. The Morgan fingerprint density at radius 3 is 2.63 bits per heavy atom. The fraction of sp³-hybridized carbons (Fsp3) is 0.316. The molecule has 8 heteroatoms. The van der Waals surface area contributed by atoms with E-state index in [1.54, 1.807) is 36.4 Å². The molecule has 0 aliphatic carbocycles. The van der Waals surface area contributed by atoms with Crippen LogP contribution in [0.15, 0.2) is 47.4 Å². The smallest absolute Gasteiger partial charge is 0.240 e. The summed E-state index contributed by atoms with van der Waals surface area (Å²) in [6.45, 7) is 0.835. The third-order valence-electron chi connectivity index (χ3n) is 4.23. The van der Waals surface area contributed by atoms with Crippen LogP contribution in [0.5, 0.6) is 5.75 Å². The summed E-state index contributed by atoms with van der Waals surface area (Å²) >= 11 is 5.81. The second kappa shape index (κ2) is 8.73. The number of anilines is 1. The number of aryl methyl sites for hydroxylation is 1. The summed E-state index contributed by atoms with van der Waals surface area (Å²) in [5.41, 5.74) is 1.53. The van der Waals surface area contributed by atoms with E-state index in [0.717, 1.165) is 17.7 Å². The molecule has 0 spiro atoms. The highest BCUT2D eigenvalue weighted by Crippen LogP contribution is 2.25. The van der Waals surface area contributed by atoms with Crippen molar-refractivity contribution in [2.24, 2.45) is 0 Å². The molecule has 0 saturated carbocycles. The van der Waals surface area contributed by atoms with E-state index >= 15 is 0 Å². The number of carbonyl (C=O) groups excluding carboxylic acids is 1. The van der Waals surface area contributed by atoms with Crippen molar-refractivity contribution in [2.75, 3.05) is 18.5 Å². The van der Waals surface area contributed by atoms with E-state index in [0.29, 0.717) is 43.1 Å². The minimum Gasteiger partial charge on any atom is -0.494 e. The molecule has 3 rings (SSSR count). The third-order valence-corrected chi connectivity index (χ3v) is 5.94. The van der Waals surface area contributed by atoms with Gasteiger partial charge in [-0.15, -0.1) is 0 Å². The Morgan fingerprint density at radius 2 is 1.85 bits per heavy atom.